The molecular weight excluding hydrogens is 190 g/mol. The number of halogens is 1. The molecule has 10 heavy (non-hydrogen) atoms. The van der Waals surface area contributed by atoms with Gasteiger partial charge in [-0.05, 0) is 25.9 Å². The first-order valence-corrected chi connectivity index (χ1v) is 4.90. The normalized spacial score (nSPS) is 14.7. The van der Waals surface area contributed by atoms with Crippen LogP contribution in [0.1, 0.15) is 13.8 Å². The molecule has 0 aromatic heterocycles. The quantitative estimate of drug-likeness (QED) is 0.640. The molecule has 1 unspecified atom stereocenters. The van der Waals surface area contributed by atoms with Crippen molar-refractivity contribution in [3.8, 4) is 0 Å². The van der Waals surface area contributed by atoms with Crippen molar-refractivity contribution in [1.82, 2.24) is 4.90 Å². The SMILES string of the molecule is CC(C)C(CBr)CN(C)C. The molecule has 0 bridgehead atoms. The van der Waals surface area contributed by atoms with E-state index in [0.717, 1.165) is 17.2 Å². The van der Waals surface area contributed by atoms with Gasteiger partial charge in [0.1, 0.15) is 0 Å². The molecule has 0 aliphatic carbocycles. The third-order valence-corrected chi connectivity index (χ3v) is 2.57. The van der Waals surface area contributed by atoms with Gasteiger partial charge in [0.05, 0.1) is 0 Å². The molecule has 1 atom stereocenters. The summed E-state index contributed by atoms with van der Waals surface area (Å²) in [5, 5.41) is 1.11. The number of alkyl halides is 1. The van der Waals surface area contributed by atoms with Gasteiger partial charge in [0.2, 0.25) is 0 Å². The van der Waals surface area contributed by atoms with Gasteiger partial charge in [0.15, 0.2) is 0 Å². The third kappa shape index (κ3) is 4.29. The van der Waals surface area contributed by atoms with Crippen molar-refractivity contribution >= 4 is 15.9 Å². The number of nitrogens with zero attached hydrogens (tertiary/aromatic N) is 1. The minimum absolute atomic E-state index is 0.779. The summed E-state index contributed by atoms with van der Waals surface area (Å²) in [6.07, 6.45) is 0. The van der Waals surface area contributed by atoms with Crippen molar-refractivity contribution in [3.63, 3.8) is 0 Å². The van der Waals surface area contributed by atoms with Crippen molar-refractivity contribution in [1.29, 1.82) is 0 Å². The average Bonchev–Trinajstić information content (AvgIpc) is 1.81. The van der Waals surface area contributed by atoms with E-state index >= 15 is 0 Å². The lowest BCUT2D eigenvalue weighted by Crippen LogP contribution is -2.26. The Hall–Kier alpha value is 0.440. The van der Waals surface area contributed by atoms with Crippen LogP contribution in [0.15, 0.2) is 0 Å². The highest BCUT2D eigenvalue weighted by Gasteiger charge is 2.11. The van der Waals surface area contributed by atoms with Gasteiger partial charge in [-0.25, -0.2) is 0 Å². The molecule has 0 saturated heterocycles. The van der Waals surface area contributed by atoms with Crippen LogP contribution in [0.4, 0.5) is 0 Å². The summed E-state index contributed by atoms with van der Waals surface area (Å²) < 4.78 is 0. The van der Waals surface area contributed by atoms with Gasteiger partial charge in [-0.2, -0.15) is 0 Å². The minimum atomic E-state index is 0.779. The molecule has 62 valence electrons. The highest BCUT2D eigenvalue weighted by Crippen LogP contribution is 2.13. The van der Waals surface area contributed by atoms with E-state index in [4.69, 9.17) is 0 Å². The Balaban J connectivity index is 3.60. The maximum atomic E-state index is 3.52. The van der Waals surface area contributed by atoms with E-state index in [0.29, 0.717) is 0 Å². The number of rotatable bonds is 4. The first-order chi connectivity index (χ1) is 4.57. The molecule has 0 amide bonds. The summed E-state index contributed by atoms with van der Waals surface area (Å²) in [7, 11) is 4.25. The molecule has 0 N–H and O–H groups in total. The lowest BCUT2D eigenvalue weighted by molar-refractivity contribution is 0.292. The number of hydrogen-bond donors (Lipinski definition) is 0. The Kier molecular flexibility index (Phi) is 5.36. The number of hydrogen-bond acceptors (Lipinski definition) is 1. The lowest BCUT2D eigenvalue weighted by atomic mass is 9.98. The molecule has 0 fully saturated rings. The van der Waals surface area contributed by atoms with Crippen LogP contribution in [0.25, 0.3) is 0 Å². The van der Waals surface area contributed by atoms with Gasteiger partial charge in [0, 0.05) is 11.9 Å². The topological polar surface area (TPSA) is 3.24 Å². The second kappa shape index (κ2) is 5.14. The zero-order chi connectivity index (χ0) is 8.15. The van der Waals surface area contributed by atoms with E-state index in [1.807, 2.05) is 0 Å². The maximum Gasteiger partial charge on any atom is 0.00743 e. The van der Waals surface area contributed by atoms with Crippen LogP contribution in [0.5, 0.6) is 0 Å². The van der Waals surface area contributed by atoms with E-state index < -0.39 is 0 Å². The van der Waals surface area contributed by atoms with Crippen molar-refractivity contribution in [2.75, 3.05) is 26.0 Å². The molecular formula is C8H18BrN. The standard InChI is InChI=1S/C8H18BrN/c1-7(2)8(5-9)6-10(3)4/h7-8H,5-6H2,1-4H3. The predicted molar refractivity (Wildman–Crippen MR) is 50.7 cm³/mol. The molecule has 0 aliphatic heterocycles. The van der Waals surface area contributed by atoms with Crippen molar-refractivity contribution < 1.29 is 0 Å². The van der Waals surface area contributed by atoms with E-state index in [-0.39, 0.29) is 0 Å². The van der Waals surface area contributed by atoms with E-state index in [9.17, 15) is 0 Å². The van der Waals surface area contributed by atoms with Gasteiger partial charge < -0.3 is 4.90 Å². The van der Waals surface area contributed by atoms with Gasteiger partial charge in [-0.15, -0.1) is 0 Å². The van der Waals surface area contributed by atoms with Gasteiger partial charge in [-0.1, -0.05) is 29.8 Å². The summed E-state index contributed by atoms with van der Waals surface area (Å²) in [5.41, 5.74) is 0. The first kappa shape index (κ1) is 10.4. The largest absolute Gasteiger partial charge is 0.309 e. The molecule has 0 aromatic carbocycles. The Bertz CT molecular complexity index is 81.3. The summed E-state index contributed by atoms with van der Waals surface area (Å²) in [5.74, 6) is 1.57. The highest BCUT2D eigenvalue weighted by atomic mass is 79.9. The molecule has 0 rings (SSSR count). The fourth-order valence-electron chi connectivity index (χ4n) is 0.907. The summed E-state index contributed by atoms with van der Waals surface area (Å²) in [6.45, 7) is 5.73. The second-order valence-corrected chi connectivity index (χ2v) is 4.07. The first-order valence-electron chi connectivity index (χ1n) is 3.78. The van der Waals surface area contributed by atoms with Crippen LogP contribution >= 0.6 is 15.9 Å². The van der Waals surface area contributed by atoms with Crippen molar-refractivity contribution in [2.24, 2.45) is 11.8 Å². The molecule has 0 aromatic rings. The minimum Gasteiger partial charge on any atom is -0.309 e. The van der Waals surface area contributed by atoms with Crippen LogP contribution in [-0.4, -0.2) is 30.9 Å². The molecule has 0 spiro atoms. The van der Waals surface area contributed by atoms with E-state index in [2.05, 4.69) is 48.8 Å². The molecule has 0 heterocycles. The predicted octanol–water partition coefficient (Wildman–Crippen LogP) is 2.22. The monoisotopic (exact) mass is 207 g/mol. The van der Waals surface area contributed by atoms with E-state index in [1.165, 1.54) is 6.54 Å². The summed E-state index contributed by atoms with van der Waals surface area (Å²) in [6, 6.07) is 0. The van der Waals surface area contributed by atoms with Crippen LogP contribution in [0.2, 0.25) is 0 Å². The summed E-state index contributed by atoms with van der Waals surface area (Å²) in [4.78, 5) is 2.24. The second-order valence-electron chi connectivity index (χ2n) is 3.42. The van der Waals surface area contributed by atoms with Gasteiger partial charge in [-0.3, -0.25) is 0 Å². The summed E-state index contributed by atoms with van der Waals surface area (Å²) >= 11 is 3.52. The maximum absolute atomic E-state index is 3.52. The third-order valence-electron chi connectivity index (χ3n) is 1.74. The Morgan fingerprint density at radius 1 is 1.30 bits per heavy atom. The van der Waals surface area contributed by atoms with Gasteiger partial charge >= 0.3 is 0 Å². The fourth-order valence-corrected chi connectivity index (χ4v) is 1.86. The lowest BCUT2D eigenvalue weighted by Gasteiger charge is -2.21. The van der Waals surface area contributed by atoms with Crippen LogP contribution in [0.3, 0.4) is 0 Å². The van der Waals surface area contributed by atoms with Crippen LogP contribution in [0, 0.1) is 11.8 Å². The molecule has 0 saturated carbocycles. The zero-order valence-electron chi connectivity index (χ0n) is 7.39. The molecule has 1 nitrogen and oxygen atoms in total. The van der Waals surface area contributed by atoms with Gasteiger partial charge in [0.25, 0.3) is 0 Å². The Labute approximate surface area is 72.9 Å². The smallest absolute Gasteiger partial charge is 0.00743 e. The molecule has 0 aliphatic rings. The Morgan fingerprint density at radius 2 is 1.80 bits per heavy atom. The van der Waals surface area contributed by atoms with Crippen LogP contribution < -0.4 is 0 Å². The zero-order valence-corrected chi connectivity index (χ0v) is 8.98. The average molecular weight is 208 g/mol. The Morgan fingerprint density at radius 3 is 1.90 bits per heavy atom. The highest BCUT2D eigenvalue weighted by molar-refractivity contribution is 9.09. The molecule has 0 radical (unpaired) electrons. The van der Waals surface area contributed by atoms with Crippen molar-refractivity contribution in [3.05, 3.63) is 0 Å². The van der Waals surface area contributed by atoms with Crippen molar-refractivity contribution in [2.45, 2.75) is 13.8 Å². The van der Waals surface area contributed by atoms with Crippen LogP contribution in [-0.2, 0) is 0 Å². The van der Waals surface area contributed by atoms with E-state index in [1.54, 1.807) is 0 Å². The fraction of sp³-hybridized carbons (Fsp3) is 1.00. The molecule has 2 heteroatoms.